The summed E-state index contributed by atoms with van der Waals surface area (Å²) in [6.45, 7) is 0. The topological polar surface area (TPSA) is 17.8 Å². The van der Waals surface area contributed by atoms with Crippen LogP contribution in [0.25, 0.3) is 79.6 Å². The Morgan fingerprint density at radius 1 is 0.500 bits per heavy atom. The van der Waals surface area contributed by atoms with Crippen LogP contribution in [0.5, 0.6) is 0 Å². The SMILES string of the molecule is Fc1cccc(-c2ccc3c(c2)sc2ccc(-c4nc5ccccc5n4-c4ccc5sc6ccccc6c5c4)cc23)c1. The molecule has 0 fully saturated rings. The number of nitrogens with zero attached hydrogens (tertiary/aromatic N) is 2. The predicted octanol–water partition coefficient (Wildman–Crippen LogP) is 11.2. The van der Waals surface area contributed by atoms with Crippen molar-refractivity contribution in [1.29, 1.82) is 0 Å². The summed E-state index contributed by atoms with van der Waals surface area (Å²) in [6, 6.07) is 43.6. The molecule has 0 spiro atoms. The second-order valence-electron chi connectivity index (χ2n) is 10.6. The molecule has 0 saturated heterocycles. The van der Waals surface area contributed by atoms with E-state index in [2.05, 4.69) is 102 Å². The molecule has 0 aliphatic carbocycles. The molecule has 3 heterocycles. The fourth-order valence-electron chi connectivity index (χ4n) is 6.10. The second kappa shape index (κ2) is 9.08. The zero-order chi connectivity index (χ0) is 27.8. The van der Waals surface area contributed by atoms with Crippen LogP contribution in [0.15, 0.2) is 127 Å². The van der Waals surface area contributed by atoms with Gasteiger partial charge in [0, 0.05) is 51.6 Å². The van der Waals surface area contributed by atoms with Gasteiger partial charge in [-0.3, -0.25) is 4.57 Å². The van der Waals surface area contributed by atoms with Crippen LogP contribution in [-0.2, 0) is 0 Å². The Balaban J connectivity index is 1.24. The smallest absolute Gasteiger partial charge is 0.145 e. The summed E-state index contributed by atoms with van der Waals surface area (Å²) in [5.41, 5.74) is 6.14. The highest BCUT2D eigenvalue weighted by molar-refractivity contribution is 7.26. The Kier molecular flexibility index (Phi) is 5.15. The van der Waals surface area contributed by atoms with Gasteiger partial charge in [-0.15, -0.1) is 22.7 Å². The molecule has 0 radical (unpaired) electrons. The summed E-state index contributed by atoms with van der Waals surface area (Å²) in [5, 5.41) is 4.96. The molecule has 0 atom stereocenters. The van der Waals surface area contributed by atoms with E-state index in [1.54, 1.807) is 23.5 Å². The molecular formula is C37H21FN2S2. The fraction of sp³-hybridized carbons (Fsp3) is 0. The summed E-state index contributed by atoms with van der Waals surface area (Å²) < 4.78 is 21.2. The Hall–Kier alpha value is -4.84. The van der Waals surface area contributed by atoms with E-state index in [0.717, 1.165) is 39.2 Å². The van der Waals surface area contributed by atoms with Crippen molar-refractivity contribution in [2.75, 3.05) is 0 Å². The van der Waals surface area contributed by atoms with Gasteiger partial charge >= 0.3 is 0 Å². The van der Waals surface area contributed by atoms with Crippen LogP contribution in [0.3, 0.4) is 0 Å². The molecule has 42 heavy (non-hydrogen) atoms. The zero-order valence-electron chi connectivity index (χ0n) is 22.2. The molecule has 2 nitrogen and oxygen atoms in total. The van der Waals surface area contributed by atoms with Crippen LogP contribution in [0.4, 0.5) is 4.39 Å². The van der Waals surface area contributed by atoms with Crippen molar-refractivity contribution in [1.82, 2.24) is 9.55 Å². The maximum Gasteiger partial charge on any atom is 0.145 e. The first-order valence-electron chi connectivity index (χ1n) is 13.8. The van der Waals surface area contributed by atoms with E-state index in [1.165, 1.54) is 46.4 Å². The summed E-state index contributed by atoms with van der Waals surface area (Å²) >= 11 is 3.60. The minimum absolute atomic E-state index is 0.220. The molecule has 0 amide bonds. The molecule has 9 aromatic rings. The lowest BCUT2D eigenvalue weighted by Crippen LogP contribution is -1.97. The molecule has 0 aliphatic rings. The maximum absolute atomic E-state index is 13.9. The average molecular weight is 577 g/mol. The Morgan fingerprint density at radius 3 is 2.14 bits per heavy atom. The van der Waals surface area contributed by atoms with Crippen LogP contribution in [-0.4, -0.2) is 9.55 Å². The average Bonchev–Trinajstić information content (AvgIpc) is 3.71. The molecule has 0 N–H and O–H groups in total. The molecule has 6 aromatic carbocycles. The predicted molar refractivity (Wildman–Crippen MR) is 178 cm³/mol. The first kappa shape index (κ1) is 23.8. The first-order chi connectivity index (χ1) is 20.7. The van der Waals surface area contributed by atoms with Crippen molar-refractivity contribution in [3.05, 3.63) is 133 Å². The van der Waals surface area contributed by atoms with Crippen LogP contribution in [0.1, 0.15) is 0 Å². The van der Waals surface area contributed by atoms with Crippen molar-refractivity contribution in [2.45, 2.75) is 0 Å². The maximum atomic E-state index is 13.9. The number of aromatic nitrogens is 2. The van der Waals surface area contributed by atoms with Crippen molar-refractivity contribution in [2.24, 2.45) is 0 Å². The lowest BCUT2D eigenvalue weighted by molar-refractivity contribution is 0.628. The van der Waals surface area contributed by atoms with Crippen molar-refractivity contribution >= 4 is 74.1 Å². The van der Waals surface area contributed by atoms with Crippen molar-refractivity contribution in [3.8, 4) is 28.2 Å². The van der Waals surface area contributed by atoms with E-state index < -0.39 is 0 Å². The summed E-state index contributed by atoms with van der Waals surface area (Å²) in [6.07, 6.45) is 0. The first-order valence-corrected chi connectivity index (χ1v) is 15.4. The molecule has 5 heteroatoms. The number of para-hydroxylation sites is 2. The molecule has 0 aliphatic heterocycles. The quantitative estimate of drug-likeness (QED) is 0.205. The minimum Gasteiger partial charge on any atom is -0.292 e. The van der Waals surface area contributed by atoms with Crippen molar-refractivity contribution < 1.29 is 4.39 Å². The third-order valence-corrected chi connectivity index (χ3v) is 10.4. The molecule has 198 valence electrons. The van der Waals surface area contributed by atoms with E-state index in [-0.39, 0.29) is 5.82 Å². The number of rotatable bonds is 3. The molecule has 9 rings (SSSR count). The van der Waals surface area contributed by atoms with Crippen LogP contribution in [0.2, 0.25) is 0 Å². The fourth-order valence-corrected chi connectivity index (χ4v) is 8.31. The summed E-state index contributed by atoms with van der Waals surface area (Å²) in [5.74, 6) is 0.704. The number of hydrogen-bond acceptors (Lipinski definition) is 3. The van der Waals surface area contributed by atoms with E-state index in [1.807, 2.05) is 23.5 Å². The number of halogens is 1. The van der Waals surface area contributed by atoms with Gasteiger partial charge in [0.2, 0.25) is 0 Å². The van der Waals surface area contributed by atoms with Gasteiger partial charge in [-0.2, -0.15) is 0 Å². The number of benzene rings is 6. The Labute approximate surface area is 248 Å². The van der Waals surface area contributed by atoms with E-state index in [0.29, 0.717) is 0 Å². The third kappa shape index (κ3) is 3.64. The van der Waals surface area contributed by atoms with Gasteiger partial charge in [0.05, 0.1) is 11.0 Å². The summed E-state index contributed by atoms with van der Waals surface area (Å²) in [4.78, 5) is 5.16. The monoisotopic (exact) mass is 576 g/mol. The van der Waals surface area contributed by atoms with Crippen LogP contribution in [0, 0.1) is 5.82 Å². The Morgan fingerprint density at radius 2 is 1.21 bits per heavy atom. The number of thiophene rings is 2. The highest BCUT2D eigenvalue weighted by Crippen LogP contribution is 2.40. The van der Waals surface area contributed by atoms with Gasteiger partial charge in [-0.05, 0) is 83.9 Å². The van der Waals surface area contributed by atoms with Gasteiger partial charge in [-0.1, -0.05) is 54.6 Å². The number of imidazole rings is 1. The Bertz CT molecular complexity index is 2500. The minimum atomic E-state index is -0.220. The van der Waals surface area contributed by atoms with Gasteiger partial charge in [0.25, 0.3) is 0 Å². The molecule has 0 bridgehead atoms. The summed E-state index contributed by atoms with van der Waals surface area (Å²) in [7, 11) is 0. The molecule has 0 unspecified atom stereocenters. The third-order valence-electron chi connectivity index (χ3n) is 8.07. The lowest BCUT2D eigenvalue weighted by atomic mass is 10.0. The molecule has 0 saturated carbocycles. The molecule has 3 aromatic heterocycles. The van der Waals surface area contributed by atoms with Gasteiger partial charge in [0.15, 0.2) is 0 Å². The molecular weight excluding hydrogens is 556 g/mol. The van der Waals surface area contributed by atoms with Crippen LogP contribution >= 0.6 is 22.7 Å². The van der Waals surface area contributed by atoms with Gasteiger partial charge in [0.1, 0.15) is 11.6 Å². The van der Waals surface area contributed by atoms with E-state index in [4.69, 9.17) is 4.98 Å². The largest absolute Gasteiger partial charge is 0.292 e. The van der Waals surface area contributed by atoms with E-state index >= 15 is 0 Å². The highest BCUT2D eigenvalue weighted by Gasteiger charge is 2.17. The lowest BCUT2D eigenvalue weighted by Gasteiger charge is -2.10. The second-order valence-corrected chi connectivity index (χ2v) is 12.7. The van der Waals surface area contributed by atoms with Crippen molar-refractivity contribution in [3.63, 3.8) is 0 Å². The van der Waals surface area contributed by atoms with Gasteiger partial charge in [-0.25, -0.2) is 9.37 Å². The number of fused-ring (bicyclic) bond motifs is 7. The normalized spacial score (nSPS) is 11.9. The van der Waals surface area contributed by atoms with E-state index in [9.17, 15) is 4.39 Å². The standard InChI is InChI=1S/C37H21FN2S2/c38-25-7-5-6-22(18-25)23-12-15-28-29-19-24(13-16-34(29)42-36(28)20-23)37-39-31-9-2-3-10-32(31)40(37)26-14-17-35-30(21-26)27-8-1-4-11-33(27)41-35/h1-21H. The highest BCUT2D eigenvalue weighted by atomic mass is 32.1. The zero-order valence-corrected chi connectivity index (χ0v) is 23.8. The van der Waals surface area contributed by atoms with Gasteiger partial charge < -0.3 is 0 Å². The number of hydrogen-bond donors (Lipinski definition) is 0. The van der Waals surface area contributed by atoms with Crippen LogP contribution < -0.4 is 0 Å².